The van der Waals surface area contributed by atoms with E-state index in [-0.39, 0.29) is 41.8 Å². The fourth-order valence-electron chi connectivity index (χ4n) is 2.85. The van der Waals surface area contributed by atoms with Gasteiger partial charge in [0, 0.05) is 25.6 Å². The predicted octanol–water partition coefficient (Wildman–Crippen LogP) is 3.97. The van der Waals surface area contributed by atoms with Gasteiger partial charge < -0.3 is 10.6 Å². The van der Waals surface area contributed by atoms with Crippen LogP contribution in [-0.2, 0) is 6.54 Å². The summed E-state index contributed by atoms with van der Waals surface area (Å²) in [6, 6.07) is 15.6. The van der Waals surface area contributed by atoms with Gasteiger partial charge in [-0.25, -0.2) is 4.39 Å². The van der Waals surface area contributed by atoms with E-state index in [1.54, 1.807) is 13.1 Å². The molecule has 1 fully saturated rings. The molecule has 2 aromatic rings. The lowest BCUT2D eigenvalue weighted by Gasteiger charge is -2.12. The summed E-state index contributed by atoms with van der Waals surface area (Å²) in [5.74, 6) is 0.869. The molecule has 0 heterocycles. The monoisotopic (exact) mass is 439 g/mol. The highest BCUT2D eigenvalue weighted by molar-refractivity contribution is 14.0. The van der Waals surface area contributed by atoms with Crippen molar-refractivity contribution in [1.29, 1.82) is 0 Å². The first-order chi connectivity index (χ1) is 11.2. The first-order valence-corrected chi connectivity index (χ1v) is 7.94. The maximum absolute atomic E-state index is 13.8. The van der Waals surface area contributed by atoms with Crippen LogP contribution >= 0.6 is 24.0 Å². The third kappa shape index (κ3) is 4.69. The van der Waals surface area contributed by atoms with Gasteiger partial charge in [0.2, 0.25) is 0 Å². The maximum atomic E-state index is 13.8. The van der Waals surface area contributed by atoms with Gasteiger partial charge in [-0.15, -0.1) is 24.0 Å². The quantitative estimate of drug-likeness (QED) is 0.430. The minimum Gasteiger partial charge on any atom is -0.353 e. The average molecular weight is 439 g/mol. The van der Waals surface area contributed by atoms with Crippen LogP contribution in [0.1, 0.15) is 29.0 Å². The molecule has 0 aliphatic heterocycles. The number of nitrogens with one attached hydrogen (secondary N) is 2. The molecule has 5 heteroatoms. The van der Waals surface area contributed by atoms with Gasteiger partial charge in [-0.3, -0.25) is 4.99 Å². The Morgan fingerprint density at radius 1 is 1.21 bits per heavy atom. The van der Waals surface area contributed by atoms with Gasteiger partial charge in [-0.05, 0) is 30.5 Å². The number of halogens is 2. The molecule has 0 radical (unpaired) electrons. The van der Waals surface area contributed by atoms with Gasteiger partial charge in [0.05, 0.1) is 0 Å². The number of rotatable bonds is 4. The van der Waals surface area contributed by atoms with Crippen molar-refractivity contribution < 1.29 is 4.39 Å². The maximum Gasteiger partial charge on any atom is 0.191 e. The standard InChI is InChI=1S/C19H22FN3.HI/c1-13-6-5-7-14(10-13)12-22-19(21-2)23-18-11-16(18)15-8-3-4-9-17(15)20;/h3-10,16,18H,11-12H2,1-2H3,(H2,21,22,23);1H. The first kappa shape index (κ1) is 18.7. The predicted molar refractivity (Wildman–Crippen MR) is 107 cm³/mol. The SMILES string of the molecule is CN=C(NCc1cccc(C)c1)NC1CC1c1ccccc1F.I. The molecule has 2 atom stereocenters. The van der Waals surface area contributed by atoms with E-state index >= 15 is 0 Å². The van der Waals surface area contributed by atoms with Gasteiger partial charge in [0.15, 0.2) is 5.96 Å². The summed E-state index contributed by atoms with van der Waals surface area (Å²) in [6.07, 6.45) is 0.937. The molecule has 3 nitrogen and oxygen atoms in total. The van der Waals surface area contributed by atoms with Crippen LogP contribution in [0, 0.1) is 12.7 Å². The number of benzene rings is 2. The third-order valence-corrected chi connectivity index (χ3v) is 4.18. The van der Waals surface area contributed by atoms with Crippen LogP contribution in [0.3, 0.4) is 0 Å². The van der Waals surface area contributed by atoms with E-state index in [2.05, 4.69) is 46.8 Å². The number of guanidine groups is 1. The number of aryl methyl sites for hydroxylation is 1. The van der Waals surface area contributed by atoms with Crippen molar-refractivity contribution in [1.82, 2.24) is 10.6 Å². The summed E-state index contributed by atoms with van der Waals surface area (Å²) >= 11 is 0. The Labute approximate surface area is 159 Å². The fraction of sp³-hybridized carbons (Fsp3) is 0.316. The molecule has 2 aromatic carbocycles. The van der Waals surface area contributed by atoms with E-state index < -0.39 is 0 Å². The number of hydrogen-bond acceptors (Lipinski definition) is 1. The van der Waals surface area contributed by atoms with Crippen LogP contribution in [0.5, 0.6) is 0 Å². The lowest BCUT2D eigenvalue weighted by molar-refractivity contribution is 0.607. The van der Waals surface area contributed by atoms with E-state index in [9.17, 15) is 4.39 Å². The van der Waals surface area contributed by atoms with Crippen molar-refractivity contribution in [3.63, 3.8) is 0 Å². The molecule has 0 bridgehead atoms. The van der Waals surface area contributed by atoms with Crippen molar-refractivity contribution >= 4 is 29.9 Å². The number of aliphatic imine (C=N–C) groups is 1. The molecule has 3 rings (SSSR count). The summed E-state index contributed by atoms with van der Waals surface area (Å²) in [5.41, 5.74) is 3.25. The molecule has 0 spiro atoms. The number of hydrogen-bond donors (Lipinski definition) is 2. The van der Waals surface area contributed by atoms with Crippen molar-refractivity contribution in [2.75, 3.05) is 7.05 Å². The minimum atomic E-state index is -0.121. The van der Waals surface area contributed by atoms with Gasteiger partial charge in [-0.1, -0.05) is 48.0 Å². The molecular weight excluding hydrogens is 416 g/mol. The molecule has 2 N–H and O–H groups in total. The van der Waals surface area contributed by atoms with Gasteiger partial charge >= 0.3 is 0 Å². The van der Waals surface area contributed by atoms with Crippen LogP contribution < -0.4 is 10.6 Å². The zero-order valence-electron chi connectivity index (χ0n) is 13.9. The highest BCUT2D eigenvalue weighted by Gasteiger charge is 2.40. The van der Waals surface area contributed by atoms with Crippen LogP contribution in [0.2, 0.25) is 0 Å². The lowest BCUT2D eigenvalue weighted by Crippen LogP contribution is -2.38. The molecule has 1 aliphatic rings. The summed E-state index contributed by atoms with van der Waals surface area (Å²) in [6.45, 7) is 2.80. The zero-order valence-corrected chi connectivity index (χ0v) is 16.3. The van der Waals surface area contributed by atoms with Crippen molar-refractivity contribution in [2.24, 2.45) is 4.99 Å². The summed E-state index contributed by atoms with van der Waals surface area (Å²) in [7, 11) is 1.76. The van der Waals surface area contributed by atoms with Crippen molar-refractivity contribution in [2.45, 2.75) is 31.8 Å². The van der Waals surface area contributed by atoms with E-state index in [0.717, 1.165) is 24.5 Å². The second-order valence-electron chi connectivity index (χ2n) is 6.03. The van der Waals surface area contributed by atoms with E-state index in [4.69, 9.17) is 0 Å². The van der Waals surface area contributed by atoms with Crippen LogP contribution in [0.15, 0.2) is 53.5 Å². The van der Waals surface area contributed by atoms with Gasteiger partial charge in [0.1, 0.15) is 5.82 Å². The van der Waals surface area contributed by atoms with Gasteiger partial charge in [0.25, 0.3) is 0 Å². The van der Waals surface area contributed by atoms with Gasteiger partial charge in [-0.2, -0.15) is 0 Å². The first-order valence-electron chi connectivity index (χ1n) is 7.94. The average Bonchev–Trinajstić information content (AvgIpc) is 3.31. The van der Waals surface area contributed by atoms with Crippen LogP contribution in [0.4, 0.5) is 4.39 Å². The molecule has 128 valence electrons. The normalized spacial score (nSPS) is 19.4. The smallest absolute Gasteiger partial charge is 0.191 e. The summed E-state index contributed by atoms with van der Waals surface area (Å²) < 4.78 is 13.8. The highest BCUT2D eigenvalue weighted by Crippen LogP contribution is 2.41. The summed E-state index contributed by atoms with van der Waals surface area (Å²) in [4.78, 5) is 4.26. The van der Waals surface area contributed by atoms with E-state index in [1.807, 2.05) is 12.1 Å². The second kappa shape index (κ2) is 8.46. The Balaban J connectivity index is 0.00000208. The molecule has 0 amide bonds. The molecule has 0 saturated heterocycles. The Bertz CT molecular complexity index is 717. The van der Waals surface area contributed by atoms with E-state index in [1.165, 1.54) is 17.2 Å². The highest BCUT2D eigenvalue weighted by atomic mass is 127. The van der Waals surface area contributed by atoms with E-state index in [0.29, 0.717) is 0 Å². The van der Waals surface area contributed by atoms with Crippen molar-refractivity contribution in [3.05, 3.63) is 71.0 Å². The Hall–Kier alpha value is -1.63. The Kier molecular flexibility index (Phi) is 6.60. The Morgan fingerprint density at radius 2 is 2.00 bits per heavy atom. The molecular formula is C19H23FIN3. The molecule has 1 saturated carbocycles. The fourth-order valence-corrected chi connectivity index (χ4v) is 2.85. The zero-order chi connectivity index (χ0) is 16.2. The largest absolute Gasteiger partial charge is 0.353 e. The van der Waals surface area contributed by atoms with Crippen molar-refractivity contribution in [3.8, 4) is 0 Å². The summed E-state index contributed by atoms with van der Waals surface area (Å²) in [5, 5.41) is 6.69. The molecule has 0 aromatic heterocycles. The Morgan fingerprint density at radius 3 is 2.71 bits per heavy atom. The molecule has 1 aliphatic carbocycles. The second-order valence-corrected chi connectivity index (χ2v) is 6.03. The van der Waals surface area contributed by atoms with Crippen LogP contribution in [-0.4, -0.2) is 19.0 Å². The third-order valence-electron chi connectivity index (χ3n) is 4.18. The molecule has 24 heavy (non-hydrogen) atoms. The molecule has 2 unspecified atom stereocenters. The topological polar surface area (TPSA) is 36.4 Å². The lowest BCUT2D eigenvalue weighted by atomic mass is 10.1. The number of nitrogens with zero attached hydrogens (tertiary/aromatic N) is 1. The van der Waals surface area contributed by atoms with Crippen LogP contribution in [0.25, 0.3) is 0 Å². The minimum absolute atomic E-state index is 0.